The molecule has 1 aromatic rings. The minimum Gasteiger partial charge on any atom is -0.491 e. The second kappa shape index (κ2) is 5.82. The first-order valence-corrected chi connectivity index (χ1v) is 5.35. The van der Waals surface area contributed by atoms with E-state index in [1.165, 1.54) is 0 Å². The van der Waals surface area contributed by atoms with E-state index >= 15 is 0 Å². The molecule has 0 fully saturated rings. The number of oxime groups is 1. The van der Waals surface area contributed by atoms with Gasteiger partial charge in [-0.3, -0.25) is 0 Å². The lowest BCUT2D eigenvalue weighted by Gasteiger charge is -2.12. The van der Waals surface area contributed by atoms with Crippen molar-refractivity contribution in [1.82, 2.24) is 0 Å². The van der Waals surface area contributed by atoms with Crippen molar-refractivity contribution < 1.29 is 9.94 Å². The highest BCUT2D eigenvalue weighted by Gasteiger charge is 2.10. The number of halogens is 2. The van der Waals surface area contributed by atoms with Crippen LogP contribution in [-0.2, 0) is 0 Å². The molecule has 0 aliphatic rings. The van der Waals surface area contributed by atoms with Crippen molar-refractivity contribution in [3.8, 4) is 5.75 Å². The van der Waals surface area contributed by atoms with Crippen LogP contribution in [-0.4, -0.2) is 17.6 Å². The number of ether oxygens (including phenoxy) is 1. The van der Waals surface area contributed by atoms with Crippen LogP contribution in [0.5, 0.6) is 5.75 Å². The van der Waals surface area contributed by atoms with E-state index in [9.17, 15) is 0 Å². The van der Waals surface area contributed by atoms with Gasteiger partial charge in [0.15, 0.2) is 0 Å². The zero-order valence-corrected chi connectivity index (χ0v) is 10.2. The van der Waals surface area contributed by atoms with Crippen LogP contribution >= 0.6 is 23.2 Å². The molecule has 0 radical (unpaired) electrons. The Hall–Kier alpha value is -1.13. The fraction of sp³-hybridized carbons (Fsp3) is 0.300. The van der Waals surface area contributed by atoms with Crippen LogP contribution in [0.2, 0.25) is 10.0 Å². The van der Waals surface area contributed by atoms with Gasteiger partial charge in [0.2, 0.25) is 0 Å². The van der Waals surface area contributed by atoms with Crippen LogP contribution in [0.15, 0.2) is 23.4 Å². The van der Waals surface area contributed by atoms with Gasteiger partial charge in [-0.05, 0) is 18.2 Å². The minimum absolute atomic E-state index is 0.116. The van der Waals surface area contributed by atoms with Gasteiger partial charge in [0.05, 0.1) is 17.5 Å². The van der Waals surface area contributed by atoms with Crippen molar-refractivity contribution in [2.45, 2.75) is 6.92 Å². The number of hydrogen-bond donors (Lipinski definition) is 2. The molecule has 0 aliphatic carbocycles. The molecule has 6 heteroatoms. The third kappa shape index (κ3) is 3.47. The standard InChI is InChI=1S/C10H12Cl2N2O2/c1-6(10(13)14-15)5-16-9-3-2-7(11)4-8(9)12/h2-4,6,15H,5H2,1H3,(H2,13,14). The maximum atomic E-state index is 8.46. The smallest absolute Gasteiger partial charge is 0.145 e. The number of amidine groups is 1. The Morgan fingerprint density at radius 3 is 2.81 bits per heavy atom. The Morgan fingerprint density at radius 1 is 1.56 bits per heavy atom. The maximum Gasteiger partial charge on any atom is 0.145 e. The summed E-state index contributed by atoms with van der Waals surface area (Å²) in [5.74, 6) is 0.436. The Balaban J connectivity index is 2.61. The number of hydrogen-bond acceptors (Lipinski definition) is 3. The maximum absolute atomic E-state index is 8.46. The molecule has 1 rings (SSSR count). The Kier molecular flexibility index (Phi) is 4.71. The Labute approximate surface area is 104 Å². The van der Waals surface area contributed by atoms with Crippen molar-refractivity contribution in [2.75, 3.05) is 6.61 Å². The first-order valence-electron chi connectivity index (χ1n) is 4.60. The summed E-state index contributed by atoms with van der Waals surface area (Å²) in [5, 5.41) is 12.3. The van der Waals surface area contributed by atoms with E-state index in [1.54, 1.807) is 25.1 Å². The van der Waals surface area contributed by atoms with Gasteiger partial charge in [0, 0.05) is 5.02 Å². The van der Waals surface area contributed by atoms with Gasteiger partial charge in [-0.15, -0.1) is 0 Å². The Bertz CT molecular complexity index is 396. The third-order valence-corrected chi connectivity index (χ3v) is 2.53. The average molecular weight is 263 g/mol. The molecule has 0 saturated heterocycles. The van der Waals surface area contributed by atoms with Gasteiger partial charge in [-0.1, -0.05) is 35.3 Å². The van der Waals surface area contributed by atoms with Crippen molar-refractivity contribution >= 4 is 29.0 Å². The fourth-order valence-corrected chi connectivity index (χ4v) is 1.45. The quantitative estimate of drug-likeness (QED) is 0.380. The van der Waals surface area contributed by atoms with E-state index < -0.39 is 0 Å². The normalized spacial score (nSPS) is 13.6. The second-order valence-corrected chi connectivity index (χ2v) is 4.16. The zero-order chi connectivity index (χ0) is 12.1. The van der Waals surface area contributed by atoms with Crippen molar-refractivity contribution in [3.63, 3.8) is 0 Å². The predicted molar refractivity (Wildman–Crippen MR) is 64.5 cm³/mol. The summed E-state index contributed by atoms with van der Waals surface area (Å²) >= 11 is 11.6. The highest BCUT2D eigenvalue weighted by molar-refractivity contribution is 6.35. The molecule has 0 heterocycles. The van der Waals surface area contributed by atoms with E-state index in [0.29, 0.717) is 15.8 Å². The van der Waals surface area contributed by atoms with E-state index in [2.05, 4.69) is 5.16 Å². The highest BCUT2D eigenvalue weighted by atomic mass is 35.5. The highest BCUT2D eigenvalue weighted by Crippen LogP contribution is 2.27. The lowest BCUT2D eigenvalue weighted by molar-refractivity contribution is 0.279. The molecule has 0 aliphatic heterocycles. The van der Waals surface area contributed by atoms with Crippen LogP contribution in [0.4, 0.5) is 0 Å². The van der Waals surface area contributed by atoms with E-state index in [-0.39, 0.29) is 18.4 Å². The van der Waals surface area contributed by atoms with Crippen molar-refractivity contribution in [3.05, 3.63) is 28.2 Å². The summed E-state index contributed by atoms with van der Waals surface area (Å²) in [6.07, 6.45) is 0. The zero-order valence-electron chi connectivity index (χ0n) is 8.65. The van der Waals surface area contributed by atoms with Gasteiger partial charge in [0.1, 0.15) is 11.6 Å². The van der Waals surface area contributed by atoms with E-state index in [0.717, 1.165) is 0 Å². The molecule has 1 atom stereocenters. The summed E-state index contributed by atoms with van der Waals surface area (Å²) < 4.78 is 5.41. The summed E-state index contributed by atoms with van der Waals surface area (Å²) in [6, 6.07) is 4.94. The molecular weight excluding hydrogens is 251 g/mol. The molecule has 88 valence electrons. The molecule has 3 N–H and O–H groups in total. The van der Waals surface area contributed by atoms with Crippen LogP contribution < -0.4 is 10.5 Å². The predicted octanol–water partition coefficient (Wildman–Crippen LogP) is 2.75. The van der Waals surface area contributed by atoms with Gasteiger partial charge in [-0.2, -0.15) is 0 Å². The van der Waals surface area contributed by atoms with Crippen LogP contribution in [0, 0.1) is 5.92 Å². The minimum atomic E-state index is -0.197. The first-order chi connectivity index (χ1) is 7.54. The SMILES string of the molecule is CC(COc1ccc(Cl)cc1Cl)/C(N)=N/O. The monoisotopic (exact) mass is 262 g/mol. The Morgan fingerprint density at radius 2 is 2.25 bits per heavy atom. The fourth-order valence-electron chi connectivity index (χ4n) is 0.991. The lowest BCUT2D eigenvalue weighted by Crippen LogP contribution is -2.26. The summed E-state index contributed by atoms with van der Waals surface area (Å²) in [7, 11) is 0. The summed E-state index contributed by atoms with van der Waals surface area (Å²) in [6.45, 7) is 2.05. The lowest BCUT2D eigenvalue weighted by atomic mass is 10.2. The molecule has 0 amide bonds. The number of nitrogens with zero attached hydrogens (tertiary/aromatic N) is 1. The molecule has 0 aromatic heterocycles. The largest absolute Gasteiger partial charge is 0.491 e. The molecule has 4 nitrogen and oxygen atoms in total. The second-order valence-electron chi connectivity index (χ2n) is 3.31. The van der Waals surface area contributed by atoms with Crippen LogP contribution in [0.1, 0.15) is 6.92 Å². The van der Waals surface area contributed by atoms with Gasteiger partial charge in [0.25, 0.3) is 0 Å². The molecule has 0 saturated carbocycles. The number of benzene rings is 1. The molecule has 16 heavy (non-hydrogen) atoms. The summed E-state index contributed by atoms with van der Waals surface area (Å²) in [5.41, 5.74) is 5.41. The van der Waals surface area contributed by atoms with E-state index in [4.69, 9.17) is 38.9 Å². The molecule has 0 bridgehead atoms. The average Bonchev–Trinajstić information content (AvgIpc) is 2.26. The summed E-state index contributed by atoms with van der Waals surface area (Å²) in [4.78, 5) is 0. The van der Waals surface area contributed by atoms with E-state index in [1.807, 2.05) is 0 Å². The molecule has 1 unspecified atom stereocenters. The van der Waals surface area contributed by atoms with Gasteiger partial charge in [-0.25, -0.2) is 0 Å². The van der Waals surface area contributed by atoms with Gasteiger partial charge < -0.3 is 15.7 Å². The molecule has 1 aromatic carbocycles. The van der Waals surface area contributed by atoms with Crippen molar-refractivity contribution in [1.29, 1.82) is 0 Å². The number of nitrogens with two attached hydrogens (primary N) is 1. The third-order valence-electron chi connectivity index (χ3n) is 2.00. The van der Waals surface area contributed by atoms with Crippen LogP contribution in [0.25, 0.3) is 0 Å². The number of rotatable bonds is 4. The molecular formula is C10H12Cl2N2O2. The van der Waals surface area contributed by atoms with Crippen LogP contribution in [0.3, 0.4) is 0 Å². The van der Waals surface area contributed by atoms with Crippen molar-refractivity contribution in [2.24, 2.45) is 16.8 Å². The first kappa shape index (κ1) is 12.9. The topological polar surface area (TPSA) is 67.8 Å². The molecule has 0 spiro atoms. The van der Waals surface area contributed by atoms with Gasteiger partial charge >= 0.3 is 0 Å².